The molecule has 0 radical (unpaired) electrons. The fraction of sp³-hybridized carbons (Fsp3) is 0.700. The maximum atomic E-state index is 11.4. The molecule has 0 aliphatic rings. The Morgan fingerprint density at radius 1 is 0.833 bits per heavy atom. The van der Waals surface area contributed by atoms with E-state index in [0.717, 1.165) is 38.5 Å². The predicted molar refractivity (Wildman–Crippen MR) is 105 cm³/mol. The van der Waals surface area contributed by atoms with E-state index in [1.807, 2.05) is 0 Å². The Morgan fingerprint density at radius 3 is 1.92 bits per heavy atom. The first kappa shape index (κ1) is 23.1. The van der Waals surface area contributed by atoms with Gasteiger partial charge in [0.2, 0.25) is 0 Å². The molecule has 140 valence electrons. The van der Waals surface area contributed by atoms with E-state index >= 15 is 0 Å². The highest BCUT2D eigenvalue weighted by molar-refractivity contribution is 7.86. The Labute approximate surface area is 150 Å². The van der Waals surface area contributed by atoms with Crippen LogP contribution in [0.4, 0.5) is 0 Å². The summed E-state index contributed by atoms with van der Waals surface area (Å²) in [5.74, 6) is 0.126. The van der Waals surface area contributed by atoms with Crippen LogP contribution in [0.25, 0.3) is 0 Å². The molecule has 0 aromatic carbocycles. The molecule has 24 heavy (non-hydrogen) atoms. The molecule has 0 rings (SSSR count). The molecule has 3 nitrogen and oxygen atoms in total. The lowest BCUT2D eigenvalue weighted by Crippen LogP contribution is -2.10. The Morgan fingerprint density at radius 2 is 1.38 bits per heavy atom. The summed E-state index contributed by atoms with van der Waals surface area (Å²) in [6.45, 7) is 10.6. The van der Waals surface area contributed by atoms with Crippen molar-refractivity contribution in [3.8, 4) is 0 Å². The van der Waals surface area contributed by atoms with Gasteiger partial charge in [0.1, 0.15) is 0 Å². The van der Waals surface area contributed by atoms with Gasteiger partial charge in [-0.2, -0.15) is 8.42 Å². The fourth-order valence-electron chi connectivity index (χ4n) is 2.35. The first-order chi connectivity index (χ1) is 11.3. The van der Waals surface area contributed by atoms with Gasteiger partial charge in [-0.05, 0) is 79.6 Å². The minimum atomic E-state index is -3.30. The smallest absolute Gasteiger partial charge is 0.267 e. The van der Waals surface area contributed by atoms with Crippen molar-refractivity contribution in [2.45, 2.75) is 79.6 Å². The zero-order valence-electron chi connectivity index (χ0n) is 16.2. The normalized spacial score (nSPS) is 13.2. The topological polar surface area (TPSA) is 43.4 Å². The molecule has 0 atom stereocenters. The van der Waals surface area contributed by atoms with Gasteiger partial charge < -0.3 is 0 Å². The molecule has 0 N–H and O–H groups in total. The SMILES string of the molecule is CCOS(=O)(=O)CCCC/C=C(\C)CC/C=C(\C)CCC=C(C)C. The van der Waals surface area contributed by atoms with Crippen LogP contribution in [0.3, 0.4) is 0 Å². The van der Waals surface area contributed by atoms with Gasteiger partial charge in [-0.1, -0.05) is 34.9 Å². The van der Waals surface area contributed by atoms with Crippen LogP contribution in [-0.2, 0) is 14.3 Å². The monoisotopic (exact) mass is 356 g/mol. The maximum Gasteiger partial charge on any atom is 0.267 e. The van der Waals surface area contributed by atoms with Crippen molar-refractivity contribution in [1.29, 1.82) is 0 Å². The van der Waals surface area contributed by atoms with Gasteiger partial charge in [0.25, 0.3) is 10.1 Å². The van der Waals surface area contributed by atoms with Gasteiger partial charge >= 0.3 is 0 Å². The van der Waals surface area contributed by atoms with E-state index in [1.54, 1.807) is 6.92 Å². The van der Waals surface area contributed by atoms with Crippen molar-refractivity contribution in [1.82, 2.24) is 0 Å². The summed E-state index contributed by atoms with van der Waals surface area (Å²) in [5.41, 5.74) is 4.23. The fourth-order valence-corrected chi connectivity index (χ4v) is 3.38. The molecule has 0 saturated carbocycles. The van der Waals surface area contributed by atoms with Gasteiger partial charge in [0.05, 0.1) is 12.4 Å². The summed E-state index contributed by atoms with van der Waals surface area (Å²) in [4.78, 5) is 0. The minimum Gasteiger partial charge on any atom is -0.270 e. The van der Waals surface area contributed by atoms with Crippen LogP contribution in [-0.4, -0.2) is 20.8 Å². The van der Waals surface area contributed by atoms with Crippen LogP contribution in [0.5, 0.6) is 0 Å². The van der Waals surface area contributed by atoms with Crippen molar-refractivity contribution in [3.05, 3.63) is 34.9 Å². The van der Waals surface area contributed by atoms with Crippen molar-refractivity contribution in [2.24, 2.45) is 0 Å². The first-order valence-electron chi connectivity index (χ1n) is 9.08. The second-order valence-electron chi connectivity index (χ2n) is 6.62. The zero-order chi connectivity index (χ0) is 18.4. The number of hydrogen-bond acceptors (Lipinski definition) is 3. The summed E-state index contributed by atoms with van der Waals surface area (Å²) in [7, 11) is -3.30. The molecule has 0 aliphatic heterocycles. The van der Waals surface area contributed by atoms with Gasteiger partial charge in [-0.25, -0.2) is 0 Å². The molecule has 0 aromatic heterocycles. The largest absolute Gasteiger partial charge is 0.270 e. The van der Waals surface area contributed by atoms with Crippen molar-refractivity contribution in [3.63, 3.8) is 0 Å². The summed E-state index contributed by atoms with van der Waals surface area (Å²) < 4.78 is 27.5. The van der Waals surface area contributed by atoms with Crippen LogP contribution >= 0.6 is 0 Å². The van der Waals surface area contributed by atoms with Crippen molar-refractivity contribution < 1.29 is 12.6 Å². The molecule has 0 aromatic rings. The van der Waals surface area contributed by atoms with E-state index in [-0.39, 0.29) is 12.4 Å². The Bertz CT molecular complexity index is 521. The van der Waals surface area contributed by atoms with Crippen LogP contribution < -0.4 is 0 Å². The standard InChI is InChI=1S/C20H36O3S/c1-6-23-24(21,22)17-9-7-8-13-19(4)15-11-16-20(5)14-10-12-18(2)3/h12-13,16H,6-11,14-15,17H2,1-5H3/b19-13+,20-16+. The highest BCUT2D eigenvalue weighted by Gasteiger charge is 2.08. The molecular formula is C20H36O3S. The molecule has 4 heteroatoms. The highest BCUT2D eigenvalue weighted by Crippen LogP contribution is 2.12. The second kappa shape index (κ2) is 13.4. The minimum absolute atomic E-state index is 0.126. The number of allylic oxidation sites excluding steroid dienone is 6. The average Bonchev–Trinajstić information content (AvgIpc) is 2.46. The summed E-state index contributed by atoms with van der Waals surface area (Å²) in [6.07, 6.45) is 13.8. The lowest BCUT2D eigenvalue weighted by atomic mass is 10.1. The molecular weight excluding hydrogens is 320 g/mol. The lowest BCUT2D eigenvalue weighted by Gasteiger charge is -2.03. The summed E-state index contributed by atoms with van der Waals surface area (Å²) in [6, 6.07) is 0. The molecule has 0 bridgehead atoms. The van der Waals surface area contributed by atoms with E-state index in [1.165, 1.54) is 16.7 Å². The van der Waals surface area contributed by atoms with Gasteiger partial charge in [0, 0.05) is 0 Å². The lowest BCUT2D eigenvalue weighted by molar-refractivity contribution is 0.337. The average molecular weight is 357 g/mol. The van der Waals surface area contributed by atoms with E-state index in [4.69, 9.17) is 4.18 Å². The highest BCUT2D eigenvalue weighted by atomic mass is 32.2. The van der Waals surface area contributed by atoms with Crippen molar-refractivity contribution >= 4 is 10.1 Å². The van der Waals surface area contributed by atoms with E-state index in [0.29, 0.717) is 6.42 Å². The zero-order valence-corrected chi connectivity index (χ0v) is 17.0. The molecule has 0 fully saturated rings. The summed E-state index contributed by atoms with van der Waals surface area (Å²) >= 11 is 0. The van der Waals surface area contributed by atoms with Gasteiger partial charge in [0.15, 0.2) is 0 Å². The number of rotatable bonds is 13. The van der Waals surface area contributed by atoms with Gasteiger partial charge in [-0.3, -0.25) is 4.18 Å². The van der Waals surface area contributed by atoms with Crippen LogP contribution in [0, 0.1) is 0 Å². The number of hydrogen-bond donors (Lipinski definition) is 0. The van der Waals surface area contributed by atoms with E-state index < -0.39 is 10.1 Å². The quantitative estimate of drug-likeness (QED) is 0.233. The Hall–Kier alpha value is -0.870. The predicted octanol–water partition coefficient (Wildman–Crippen LogP) is 5.94. The third-order valence-corrected chi connectivity index (χ3v) is 5.14. The molecule has 0 amide bonds. The maximum absolute atomic E-state index is 11.4. The van der Waals surface area contributed by atoms with Crippen LogP contribution in [0.15, 0.2) is 34.9 Å². The molecule has 0 heterocycles. The third-order valence-electron chi connectivity index (χ3n) is 3.76. The molecule has 0 saturated heterocycles. The van der Waals surface area contributed by atoms with Crippen molar-refractivity contribution in [2.75, 3.05) is 12.4 Å². The molecule has 0 spiro atoms. The van der Waals surface area contributed by atoms with Crippen LogP contribution in [0.1, 0.15) is 79.6 Å². The Kier molecular flexibility index (Phi) is 12.9. The second-order valence-corrected chi connectivity index (χ2v) is 8.38. The van der Waals surface area contributed by atoms with E-state index in [9.17, 15) is 8.42 Å². The van der Waals surface area contributed by atoms with E-state index in [2.05, 4.69) is 45.9 Å². The molecule has 0 unspecified atom stereocenters. The first-order valence-corrected chi connectivity index (χ1v) is 10.7. The molecule has 0 aliphatic carbocycles. The summed E-state index contributed by atoms with van der Waals surface area (Å²) in [5, 5.41) is 0. The number of unbranched alkanes of at least 4 members (excludes halogenated alkanes) is 2. The Balaban J connectivity index is 3.89. The van der Waals surface area contributed by atoms with Gasteiger partial charge in [-0.15, -0.1) is 0 Å². The third kappa shape index (κ3) is 14.7. The van der Waals surface area contributed by atoms with Crippen LogP contribution in [0.2, 0.25) is 0 Å².